The van der Waals surface area contributed by atoms with Crippen LogP contribution in [0.5, 0.6) is 0 Å². The predicted molar refractivity (Wildman–Crippen MR) is 215 cm³/mol. The molecule has 2 nitrogen and oxygen atoms in total. The molecule has 46 heavy (non-hydrogen) atoms. The zero-order chi connectivity index (χ0) is 36.5. The fourth-order valence-electron chi connectivity index (χ4n) is 3.79. The van der Waals surface area contributed by atoms with Crippen molar-refractivity contribution in [1.82, 2.24) is 0 Å². The highest BCUT2D eigenvalue weighted by molar-refractivity contribution is 5.87. The van der Waals surface area contributed by atoms with Crippen molar-refractivity contribution in [3.8, 4) is 0 Å². The first-order valence-electron chi connectivity index (χ1n) is 17.7. The van der Waals surface area contributed by atoms with Gasteiger partial charge < -0.3 is 4.90 Å². The van der Waals surface area contributed by atoms with Gasteiger partial charge >= 0.3 is 0 Å². The maximum absolute atomic E-state index is 10.5. The van der Waals surface area contributed by atoms with Crippen molar-refractivity contribution in [1.29, 1.82) is 0 Å². The Kier molecular flexibility index (Phi) is 37.6. The molecule has 0 atom stereocenters. The fourth-order valence-corrected chi connectivity index (χ4v) is 3.79. The number of benzene rings is 2. The lowest BCUT2D eigenvalue weighted by molar-refractivity contribution is -0.112. The molecule has 0 fully saturated rings. The number of hydrogen-bond acceptors (Lipinski definition) is 2. The number of carbonyl (C=O) groups excluding carboxylic acids is 1. The number of aryl methyl sites for hydroxylation is 3. The molecule has 0 aromatic heterocycles. The molecule has 0 N–H and O–H groups in total. The average Bonchev–Trinajstić information content (AvgIpc) is 2.99. The number of nitrogens with zero attached hydrogens (tertiary/aromatic N) is 1. The van der Waals surface area contributed by atoms with E-state index in [1.54, 1.807) is 12.2 Å². The predicted octanol–water partition coefficient (Wildman–Crippen LogP) is 13.9. The van der Waals surface area contributed by atoms with Gasteiger partial charge in [0.1, 0.15) is 0 Å². The Morgan fingerprint density at radius 3 is 1.54 bits per heavy atom. The topological polar surface area (TPSA) is 20.3 Å². The summed E-state index contributed by atoms with van der Waals surface area (Å²) in [5, 5.41) is 0. The Bertz CT molecular complexity index is 1060. The van der Waals surface area contributed by atoms with Crippen LogP contribution in [0.2, 0.25) is 0 Å². The van der Waals surface area contributed by atoms with Crippen molar-refractivity contribution >= 4 is 11.5 Å². The van der Waals surface area contributed by atoms with Crippen LogP contribution >= 0.6 is 0 Å². The van der Waals surface area contributed by atoms with E-state index in [-0.39, 0.29) is 5.78 Å². The monoisotopic (exact) mass is 634 g/mol. The zero-order valence-electron chi connectivity index (χ0n) is 33.1. The minimum Gasteiger partial charge on any atom is -0.372 e. The summed E-state index contributed by atoms with van der Waals surface area (Å²) in [6, 6.07) is 17.3. The van der Waals surface area contributed by atoms with Crippen LogP contribution in [-0.4, -0.2) is 18.9 Å². The summed E-state index contributed by atoms with van der Waals surface area (Å²) in [6.45, 7) is 40.9. The van der Waals surface area contributed by atoms with Crippen LogP contribution in [0.1, 0.15) is 132 Å². The second kappa shape index (κ2) is 34.7. The second-order valence-corrected chi connectivity index (χ2v) is 12.0. The largest absolute Gasteiger partial charge is 0.372 e. The highest BCUT2D eigenvalue weighted by Crippen LogP contribution is 2.15. The molecule has 0 spiro atoms. The van der Waals surface area contributed by atoms with Gasteiger partial charge in [-0.05, 0) is 108 Å². The van der Waals surface area contributed by atoms with Gasteiger partial charge in [0, 0.05) is 18.8 Å². The van der Waals surface area contributed by atoms with Crippen molar-refractivity contribution < 1.29 is 4.79 Å². The molecular formula is C44H75NO. The summed E-state index contributed by atoms with van der Waals surface area (Å²) >= 11 is 0. The van der Waals surface area contributed by atoms with Gasteiger partial charge in [-0.2, -0.15) is 0 Å². The van der Waals surface area contributed by atoms with E-state index in [0.29, 0.717) is 0 Å². The number of allylic oxidation sites excluding steroid dienone is 6. The van der Waals surface area contributed by atoms with E-state index in [9.17, 15) is 4.79 Å². The lowest BCUT2D eigenvalue weighted by Gasteiger charge is -2.23. The standard InChI is InChI=1S/C13H21N.C10H14O.C9H12.C6H12.C4H10.C2H6/c1-4-10-14(11-5-2)13-8-6-12(3)7-9-13;1-5-10(8(2)3)7-6-9(4)11;1-3-9-7-5-4-6-8(9)2;1-4-5-6(2)3;1-4(2)3;1-2/h6-9H,4-5,10-11H2,1-3H3;5-7H,2H2,1,3-4H3;4-7H,3H2,1-2H3;2,4-5H2,1,3H3;4H,1-3H3;1-2H3/b;7-6-,10-5-;;;;. The van der Waals surface area contributed by atoms with E-state index in [2.05, 4.69) is 136 Å². The molecule has 0 saturated heterocycles. The summed E-state index contributed by atoms with van der Waals surface area (Å²) < 4.78 is 0. The molecule has 262 valence electrons. The molecule has 0 aliphatic carbocycles. The molecule has 0 amide bonds. The zero-order valence-corrected chi connectivity index (χ0v) is 33.1. The number of carbonyl (C=O) groups is 1. The Labute approximate surface area is 288 Å². The van der Waals surface area contributed by atoms with Crippen LogP contribution in [0.3, 0.4) is 0 Å². The van der Waals surface area contributed by atoms with Crippen LogP contribution in [0.15, 0.2) is 96.6 Å². The summed E-state index contributed by atoms with van der Waals surface area (Å²) in [6.07, 6.45) is 11.3. The second-order valence-electron chi connectivity index (χ2n) is 12.0. The van der Waals surface area contributed by atoms with Crippen LogP contribution in [0.4, 0.5) is 5.69 Å². The molecule has 2 rings (SSSR count). The first-order valence-corrected chi connectivity index (χ1v) is 17.7. The first-order chi connectivity index (χ1) is 21.7. The number of rotatable bonds is 11. The van der Waals surface area contributed by atoms with Gasteiger partial charge in [0.05, 0.1) is 0 Å². The fraction of sp³-hybridized carbons (Fsp3) is 0.523. The minimum absolute atomic E-state index is 0.0607. The van der Waals surface area contributed by atoms with E-state index >= 15 is 0 Å². The SMILES string of the molecule is C=C(C)C(/C=C\C(C)=O)=C\C.C=C(C)CCC.CC.CC(C)C.CCCN(CCC)c1ccc(C)cc1.CCc1ccccc1C. The van der Waals surface area contributed by atoms with Gasteiger partial charge in [-0.3, -0.25) is 4.79 Å². The van der Waals surface area contributed by atoms with Crippen LogP contribution in [-0.2, 0) is 11.2 Å². The molecule has 0 radical (unpaired) electrons. The maximum Gasteiger partial charge on any atom is 0.152 e. The molecule has 0 aliphatic heterocycles. The first kappa shape index (κ1) is 49.7. The average molecular weight is 634 g/mol. The van der Waals surface area contributed by atoms with Gasteiger partial charge in [0.15, 0.2) is 5.78 Å². The van der Waals surface area contributed by atoms with Gasteiger partial charge in [0.25, 0.3) is 0 Å². The Hall–Kier alpha value is -3.13. The molecule has 0 bridgehead atoms. The van der Waals surface area contributed by atoms with Crippen molar-refractivity contribution in [2.45, 2.75) is 136 Å². The van der Waals surface area contributed by atoms with Gasteiger partial charge in [-0.15, -0.1) is 6.58 Å². The van der Waals surface area contributed by atoms with Crippen molar-refractivity contribution in [2.75, 3.05) is 18.0 Å². The molecule has 2 heteroatoms. The van der Waals surface area contributed by atoms with Gasteiger partial charge in [0.2, 0.25) is 0 Å². The third-order valence-electron chi connectivity index (χ3n) is 6.01. The van der Waals surface area contributed by atoms with Crippen LogP contribution in [0.25, 0.3) is 0 Å². The molecular weight excluding hydrogens is 558 g/mol. The molecule has 0 saturated carbocycles. The normalized spacial score (nSPS) is 9.87. The number of anilines is 1. The molecule has 2 aromatic carbocycles. The van der Waals surface area contributed by atoms with E-state index in [4.69, 9.17) is 0 Å². The molecule has 0 heterocycles. The minimum atomic E-state index is 0.0607. The number of hydrogen-bond donors (Lipinski definition) is 0. The summed E-state index contributed by atoms with van der Waals surface area (Å²) in [5.41, 5.74) is 8.83. The highest BCUT2D eigenvalue weighted by Gasteiger charge is 2.02. The quantitative estimate of drug-likeness (QED) is 0.139. The van der Waals surface area contributed by atoms with E-state index < -0.39 is 0 Å². The maximum atomic E-state index is 10.5. The van der Waals surface area contributed by atoms with E-state index in [0.717, 1.165) is 36.6 Å². The third kappa shape index (κ3) is 33.8. The lowest BCUT2D eigenvalue weighted by Crippen LogP contribution is -2.24. The Balaban J connectivity index is -0.000000249. The van der Waals surface area contributed by atoms with Gasteiger partial charge in [-0.1, -0.05) is 141 Å². The summed E-state index contributed by atoms with van der Waals surface area (Å²) in [7, 11) is 0. The Morgan fingerprint density at radius 2 is 1.26 bits per heavy atom. The lowest BCUT2D eigenvalue weighted by atomic mass is 10.1. The van der Waals surface area contributed by atoms with Crippen molar-refractivity contribution in [3.05, 3.63) is 113 Å². The van der Waals surface area contributed by atoms with Crippen LogP contribution in [0, 0.1) is 19.8 Å². The van der Waals surface area contributed by atoms with Crippen molar-refractivity contribution in [3.63, 3.8) is 0 Å². The third-order valence-corrected chi connectivity index (χ3v) is 6.01. The van der Waals surface area contributed by atoms with E-state index in [1.807, 2.05) is 33.8 Å². The van der Waals surface area contributed by atoms with Crippen molar-refractivity contribution in [2.24, 2.45) is 5.92 Å². The molecule has 0 aliphatic rings. The van der Waals surface area contributed by atoms with Gasteiger partial charge in [-0.25, -0.2) is 0 Å². The summed E-state index contributed by atoms with van der Waals surface area (Å²) in [5.74, 6) is 0.894. The smallest absolute Gasteiger partial charge is 0.152 e. The summed E-state index contributed by atoms with van der Waals surface area (Å²) in [4.78, 5) is 13.0. The molecule has 0 unspecified atom stereocenters. The van der Waals surface area contributed by atoms with Crippen LogP contribution < -0.4 is 4.90 Å². The van der Waals surface area contributed by atoms with E-state index in [1.165, 1.54) is 60.6 Å². The highest BCUT2D eigenvalue weighted by atomic mass is 16.1. The Morgan fingerprint density at radius 1 is 0.783 bits per heavy atom. The molecule has 2 aromatic rings. The number of ketones is 1.